The number of nitrogens with one attached hydrogen (secondary N) is 2. The van der Waals surface area contributed by atoms with Gasteiger partial charge in [-0.3, -0.25) is 0 Å². The number of urea groups is 1. The number of aryl methyl sites for hydroxylation is 3. The Morgan fingerprint density at radius 1 is 1.44 bits per heavy atom. The van der Waals surface area contributed by atoms with Crippen LogP contribution >= 0.6 is 0 Å². The average Bonchev–Trinajstić information content (AvgIpc) is 3.15. The van der Waals surface area contributed by atoms with Crippen molar-refractivity contribution in [1.29, 1.82) is 5.26 Å². The molecule has 2 atom stereocenters. The van der Waals surface area contributed by atoms with Crippen LogP contribution in [0.1, 0.15) is 42.4 Å². The van der Waals surface area contributed by atoms with E-state index in [0.717, 1.165) is 36.0 Å². The number of nitriles is 1. The van der Waals surface area contributed by atoms with Gasteiger partial charge in [0.25, 0.3) is 0 Å². The van der Waals surface area contributed by atoms with Gasteiger partial charge in [0, 0.05) is 24.5 Å². The fourth-order valence-electron chi connectivity index (χ4n) is 3.08. The summed E-state index contributed by atoms with van der Waals surface area (Å²) in [5, 5.41) is 19.7. The Morgan fingerprint density at radius 2 is 2.20 bits per heavy atom. The Hall–Kier alpha value is -2.62. The van der Waals surface area contributed by atoms with E-state index in [1.807, 2.05) is 19.9 Å². The number of amides is 2. The second-order valence-corrected chi connectivity index (χ2v) is 6.92. The molecule has 1 saturated carbocycles. The first-order valence-electron chi connectivity index (χ1n) is 8.77. The van der Waals surface area contributed by atoms with Gasteiger partial charge < -0.3 is 10.6 Å². The molecule has 2 aromatic rings. The normalized spacial score (nSPS) is 18.8. The lowest BCUT2D eigenvalue weighted by atomic mass is 10.1. The summed E-state index contributed by atoms with van der Waals surface area (Å²) >= 11 is 0. The van der Waals surface area contributed by atoms with E-state index in [1.165, 1.54) is 6.42 Å². The molecule has 0 saturated heterocycles. The third-order valence-corrected chi connectivity index (χ3v) is 4.76. The molecule has 0 spiro atoms. The van der Waals surface area contributed by atoms with Crippen LogP contribution < -0.4 is 10.6 Å². The minimum Gasteiger partial charge on any atom is -0.338 e. The monoisotopic (exact) mass is 340 g/mol. The number of fused-ring (bicyclic) bond motifs is 1. The summed E-state index contributed by atoms with van der Waals surface area (Å²) in [6, 6.07) is 4.04. The SMILES string of the molecule is Cc1cc(C)n2nc(CCCNC(=O)NC[C@@H]3C[C@H]3C)c(C#N)c2n1. The highest BCUT2D eigenvalue weighted by Gasteiger charge is 2.32. The van der Waals surface area contributed by atoms with Gasteiger partial charge in [-0.25, -0.2) is 14.3 Å². The highest BCUT2D eigenvalue weighted by Crippen LogP contribution is 2.36. The molecule has 2 N–H and O–H groups in total. The second-order valence-electron chi connectivity index (χ2n) is 6.92. The number of nitrogens with zero attached hydrogens (tertiary/aromatic N) is 4. The van der Waals surface area contributed by atoms with Gasteiger partial charge in [0.1, 0.15) is 11.6 Å². The summed E-state index contributed by atoms with van der Waals surface area (Å²) in [5.74, 6) is 1.38. The van der Waals surface area contributed by atoms with E-state index in [4.69, 9.17) is 0 Å². The molecule has 1 aliphatic carbocycles. The smallest absolute Gasteiger partial charge is 0.314 e. The van der Waals surface area contributed by atoms with Crippen LogP contribution in [0.2, 0.25) is 0 Å². The summed E-state index contributed by atoms with van der Waals surface area (Å²) in [5.41, 5.74) is 3.70. The molecule has 25 heavy (non-hydrogen) atoms. The summed E-state index contributed by atoms with van der Waals surface area (Å²) in [6.45, 7) is 7.36. The molecule has 2 amide bonds. The van der Waals surface area contributed by atoms with Gasteiger partial charge in [0.2, 0.25) is 0 Å². The molecule has 1 aliphatic rings. The van der Waals surface area contributed by atoms with E-state index in [-0.39, 0.29) is 6.03 Å². The van der Waals surface area contributed by atoms with Gasteiger partial charge in [0.15, 0.2) is 5.65 Å². The Kier molecular flexibility index (Phi) is 4.88. The van der Waals surface area contributed by atoms with Crippen LogP contribution in [0, 0.1) is 37.0 Å². The minimum atomic E-state index is -0.122. The average molecular weight is 340 g/mol. The molecule has 1 fully saturated rings. The third-order valence-electron chi connectivity index (χ3n) is 4.76. The first-order chi connectivity index (χ1) is 12.0. The maximum absolute atomic E-state index is 11.7. The van der Waals surface area contributed by atoms with Crippen LogP contribution in [0.5, 0.6) is 0 Å². The number of hydrogen-bond donors (Lipinski definition) is 2. The molecule has 0 bridgehead atoms. The molecule has 0 radical (unpaired) electrons. The van der Waals surface area contributed by atoms with E-state index in [0.29, 0.717) is 30.1 Å². The maximum Gasteiger partial charge on any atom is 0.314 e. The summed E-state index contributed by atoms with van der Waals surface area (Å²) in [4.78, 5) is 16.2. The van der Waals surface area contributed by atoms with Crippen molar-refractivity contribution in [3.63, 3.8) is 0 Å². The summed E-state index contributed by atoms with van der Waals surface area (Å²) in [7, 11) is 0. The fraction of sp³-hybridized carbons (Fsp3) is 0.556. The van der Waals surface area contributed by atoms with Crippen molar-refractivity contribution in [2.24, 2.45) is 11.8 Å². The number of hydrogen-bond acceptors (Lipinski definition) is 4. The highest BCUT2D eigenvalue weighted by molar-refractivity contribution is 5.73. The molecule has 3 rings (SSSR count). The van der Waals surface area contributed by atoms with E-state index >= 15 is 0 Å². The predicted molar refractivity (Wildman–Crippen MR) is 94.2 cm³/mol. The topological polar surface area (TPSA) is 95.1 Å². The molecule has 2 aromatic heterocycles. The quantitative estimate of drug-likeness (QED) is 0.787. The van der Waals surface area contributed by atoms with Crippen LogP contribution in [-0.2, 0) is 6.42 Å². The Bertz CT molecular complexity index is 834. The van der Waals surface area contributed by atoms with Gasteiger partial charge in [-0.05, 0) is 51.0 Å². The molecule has 0 aliphatic heterocycles. The van der Waals surface area contributed by atoms with Crippen molar-refractivity contribution in [2.45, 2.75) is 40.0 Å². The number of rotatable bonds is 6. The molecule has 7 nitrogen and oxygen atoms in total. The zero-order valence-corrected chi connectivity index (χ0v) is 15.0. The standard InChI is InChI=1S/C18H24N6O/c1-11-7-14(11)10-21-18(25)20-6-4-5-16-15(9-19)17-22-12(2)8-13(3)24(17)23-16/h8,11,14H,4-7,10H2,1-3H3,(H2,20,21,25)/t11-,14+/m1/s1. The molecule has 7 heteroatoms. The largest absolute Gasteiger partial charge is 0.338 e. The fourth-order valence-corrected chi connectivity index (χ4v) is 3.08. The van der Waals surface area contributed by atoms with E-state index in [1.54, 1.807) is 4.52 Å². The van der Waals surface area contributed by atoms with Crippen LogP contribution in [-0.4, -0.2) is 33.7 Å². The van der Waals surface area contributed by atoms with Crippen molar-refractivity contribution < 1.29 is 4.79 Å². The van der Waals surface area contributed by atoms with E-state index in [2.05, 4.69) is 33.7 Å². The lowest BCUT2D eigenvalue weighted by Gasteiger charge is -2.06. The Balaban J connectivity index is 1.53. The minimum absolute atomic E-state index is 0.122. The first kappa shape index (κ1) is 17.2. The zero-order chi connectivity index (χ0) is 18.0. The number of carbonyl (C=O) groups excluding carboxylic acids is 1. The van der Waals surface area contributed by atoms with Gasteiger partial charge in [0.05, 0.1) is 5.69 Å². The molecule has 2 heterocycles. The lowest BCUT2D eigenvalue weighted by Crippen LogP contribution is -2.37. The summed E-state index contributed by atoms with van der Waals surface area (Å²) < 4.78 is 1.72. The molecule has 0 unspecified atom stereocenters. The highest BCUT2D eigenvalue weighted by atomic mass is 16.2. The maximum atomic E-state index is 11.7. The number of carbonyl (C=O) groups is 1. The number of aromatic nitrogens is 3. The van der Waals surface area contributed by atoms with Crippen LogP contribution in [0.25, 0.3) is 5.65 Å². The second kappa shape index (κ2) is 7.09. The Labute approximate surface area is 147 Å². The van der Waals surface area contributed by atoms with Gasteiger partial charge in [-0.1, -0.05) is 6.92 Å². The Morgan fingerprint density at radius 3 is 2.88 bits per heavy atom. The summed E-state index contributed by atoms with van der Waals surface area (Å²) in [6.07, 6.45) is 2.56. The van der Waals surface area contributed by atoms with Crippen molar-refractivity contribution in [2.75, 3.05) is 13.1 Å². The van der Waals surface area contributed by atoms with Crippen molar-refractivity contribution in [3.05, 3.63) is 28.7 Å². The molecular weight excluding hydrogens is 316 g/mol. The molecular formula is C18H24N6O. The zero-order valence-electron chi connectivity index (χ0n) is 15.0. The van der Waals surface area contributed by atoms with E-state index < -0.39 is 0 Å². The van der Waals surface area contributed by atoms with Crippen molar-refractivity contribution in [3.8, 4) is 6.07 Å². The van der Waals surface area contributed by atoms with Crippen molar-refractivity contribution >= 4 is 11.7 Å². The van der Waals surface area contributed by atoms with Gasteiger partial charge >= 0.3 is 6.03 Å². The van der Waals surface area contributed by atoms with Gasteiger partial charge in [-0.15, -0.1) is 0 Å². The van der Waals surface area contributed by atoms with Gasteiger partial charge in [-0.2, -0.15) is 10.4 Å². The van der Waals surface area contributed by atoms with Crippen molar-refractivity contribution in [1.82, 2.24) is 25.2 Å². The van der Waals surface area contributed by atoms with Crippen LogP contribution in [0.15, 0.2) is 6.07 Å². The lowest BCUT2D eigenvalue weighted by molar-refractivity contribution is 0.240. The molecule has 132 valence electrons. The first-order valence-corrected chi connectivity index (χ1v) is 8.77. The molecule has 0 aromatic carbocycles. The van der Waals surface area contributed by atoms with Crippen LogP contribution in [0.4, 0.5) is 4.79 Å². The van der Waals surface area contributed by atoms with Crippen LogP contribution in [0.3, 0.4) is 0 Å². The van der Waals surface area contributed by atoms with E-state index in [9.17, 15) is 10.1 Å². The predicted octanol–water partition coefficient (Wildman–Crippen LogP) is 2.11. The third kappa shape index (κ3) is 3.90.